The lowest BCUT2D eigenvalue weighted by atomic mass is 10.0. The molecule has 0 radical (unpaired) electrons. The molecule has 1 saturated heterocycles. The van der Waals surface area contributed by atoms with Crippen molar-refractivity contribution in [2.24, 2.45) is 0 Å². The Morgan fingerprint density at radius 2 is 1.80 bits per heavy atom. The van der Waals surface area contributed by atoms with E-state index in [1.54, 1.807) is 11.1 Å². The molecule has 30 heavy (non-hydrogen) atoms. The van der Waals surface area contributed by atoms with E-state index in [9.17, 15) is 4.79 Å². The summed E-state index contributed by atoms with van der Waals surface area (Å²) in [7, 11) is 0. The van der Waals surface area contributed by atoms with Crippen LogP contribution in [0, 0.1) is 0 Å². The zero-order chi connectivity index (χ0) is 21.1. The minimum Gasteiger partial charge on any atom is -0.444 e. The molecule has 0 bridgehead atoms. The summed E-state index contributed by atoms with van der Waals surface area (Å²) in [5.41, 5.74) is 1.49. The molecule has 0 saturated carbocycles. The van der Waals surface area contributed by atoms with Crippen molar-refractivity contribution in [1.29, 1.82) is 0 Å². The number of nitrogens with zero attached hydrogens (tertiary/aromatic N) is 3. The van der Waals surface area contributed by atoms with E-state index in [1.807, 2.05) is 39.0 Å². The van der Waals surface area contributed by atoms with Crippen molar-refractivity contribution in [2.75, 3.05) is 18.4 Å². The molecule has 2 heterocycles. The molecule has 1 aliphatic heterocycles. The second-order valence-electron chi connectivity index (χ2n) is 8.71. The molecular formula is C24H28N4O2. The molecule has 1 fully saturated rings. The molecular weight excluding hydrogens is 376 g/mol. The summed E-state index contributed by atoms with van der Waals surface area (Å²) >= 11 is 0. The SMILES string of the molecule is CC(C)(C)OC(=O)N1CCC(Nc2nccc(-c3ccc4ccccc4c3)n2)CC1. The fraction of sp³-hybridized carbons (Fsp3) is 0.375. The molecule has 1 aliphatic rings. The van der Waals surface area contributed by atoms with Crippen LogP contribution in [-0.2, 0) is 4.74 Å². The van der Waals surface area contributed by atoms with E-state index < -0.39 is 5.60 Å². The number of aromatic nitrogens is 2. The van der Waals surface area contributed by atoms with Crippen LogP contribution in [0.15, 0.2) is 54.7 Å². The predicted octanol–water partition coefficient (Wildman–Crippen LogP) is 5.11. The lowest BCUT2D eigenvalue weighted by molar-refractivity contribution is 0.0210. The van der Waals surface area contributed by atoms with Gasteiger partial charge in [-0.15, -0.1) is 0 Å². The Hall–Kier alpha value is -3.15. The van der Waals surface area contributed by atoms with Gasteiger partial charge >= 0.3 is 6.09 Å². The minimum absolute atomic E-state index is 0.232. The molecule has 4 rings (SSSR count). The molecule has 1 N–H and O–H groups in total. The fourth-order valence-electron chi connectivity index (χ4n) is 3.65. The smallest absolute Gasteiger partial charge is 0.410 e. The number of nitrogens with one attached hydrogen (secondary N) is 1. The van der Waals surface area contributed by atoms with Crippen molar-refractivity contribution in [3.05, 3.63) is 54.7 Å². The highest BCUT2D eigenvalue weighted by atomic mass is 16.6. The molecule has 1 amide bonds. The van der Waals surface area contributed by atoms with Crippen LogP contribution in [0.1, 0.15) is 33.6 Å². The molecule has 3 aromatic rings. The first-order valence-electron chi connectivity index (χ1n) is 10.4. The van der Waals surface area contributed by atoms with Gasteiger partial charge in [0, 0.05) is 30.9 Å². The van der Waals surface area contributed by atoms with Crippen LogP contribution in [0.4, 0.5) is 10.7 Å². The van der Waals surface area contributed by atoms with Crippen molar-refractivity contribution in [3.8, 4) is 11.3 Å². The van der Waals surface area contributed by atoms with Gasteiger partial charge in [-0.1, -0.05) is 36.4 Å². The van der Waals surface area contributed by atoms with Gasteiger partial charge < -0.3 is 15.0 Å². The van der Waals surface area contributed by atoms with Crippen LogP contribution in [0.25, 0.3) is 22.0 Å². The maximum Gasteiger partial charge on any atom is 0.410 e. The van der Waals surface area contributed by atoms with Crippen LogP contribution in [-0.4, -0.2) is 45.7 Å². The zero-order valence-corrected chi connectivity index (χ0v) is 17.8. The highest BCUT2D eigenvalue weighted by Crippen LogP contribution is 2.24. The third kappa shape index (κ3) is 4.87. The number of carbonyl (C=O) groups excluding carboxylic acids is 1. The van der Waals surface area contributed by atoms with Gasteiger partial charge in [0.15, 0.2) is 0 Å². The summed E-state index contributed by atoms with van der Waals surface area (Å²) in [5.74, 6) is 0.622. The Labute approximate surface area is 177 Å². The van der Waals surface area contributed by atoms with Gasteiger partial charge in [-0.2, -0.15) is 0 Å². The summed E-state index contributed by atoms with van der Waals surface area (Å²) in [4.78, 5) is 23.1. The zero-order valence-electron chi connectivity index (χ0n) is 17.8. The van der Waals surface area contributed by atoms with E-state index in [-0.39, 0.29) is 12.1 Å². The fourth-order valence-corrected chi connectivity index (χ4v) is 3.65. The Morgan fingerprint density at radius 1 is 1.07 bits per heavy atom. The van der Waals surface area contributed by atoms with Crippen molar-refractivity contribution in [2.45, 2.75) is 45.3 Å². The molecule has 0 unspecified atom stereocenters. The molecule has 156 valence electrons. The largest absolute Gasteiger partial charge is 0.444 e. The first-order valence-corrected chi connectivity index (χ1v) is 10.4. The topological polar surface area (TPSA) is 67.3 Å². The number of fused-ring (bicyclic) bond motifs is 1. The van der Waals surface area contributed by atoms with Crippen LogP contribution in [0.5, 0.6) is 0 Å². The molecule has 6 nitrogen and oxygen atoms in total. The monoisotopic (exact) mass is 404 g/mol. The van der Waals surface area contributed by atoms with E-state index in [4.69, 9.17) is 9.72 Å². The first-order chi connectivity index (χ1) is 14.4. The van der Waals surface area contributed by atoms with Gasteiger partial charge in [0.2, 0.25) is 5.95 Å². The number of ether oxygens (including phenoxy) is 1. The number of piperidine rings is 1. The molecule has 1 aromatic heterocycles. The molecule has 0 spiro atoms. The van der Waals surface area contributed by atoms with E-state index in [0.717, 1.165) is 24.1 Å². The highest BCUT2D eigenvalue weighted by molar-refractivity contribution is 5.86. The second-order valence-corrected chi connectivity index (χ2v) is 8.71. The van der Waals surface area contributed by atoms with Crippen molar-refractivity contribution in [1.82, 2.24) is 14.9 Å². The third-order valence-corrected chi connectivity index (χ3v) is 5.18. The van der Waals surface area contributed by atoms with E-state index >= 15 is 0 Å². The van der Waals surface area contributed by atoms with E-state index in [2.05, 4.69) is 40.6 Å². The number of amides is 1. The van der Waals surface area contributed by atoms with E-state index in [1.165, 1.54) is 10.8 Å². The van der Waals surface area contributed by atoms with Gasteiger partial charge in [0.1, 0.15) is 5.60 Å². The summed E-state index contributed by atoms with van der Waals surface area (Å²) in [6.45, 7) is 6.99. The first kappa shape index (κ1) is 20.1. The summed E-state index contributed by atoms with van der Waals surface area (Å²) in [6, 6.07) is 16.8. The number of carbonyl (C=O) groups is 1. The number of likely N-dealkylation sites (tertiary alicyclic amines) is 1. The average molecular weight is 405 g/mol. The minimum atomic E-state index is -0.469. The van der Waals surface area contributed by atoms with Crippen molar-refractivity contribution in [3.63, 3.8) is 0 Å². The van der Waals surface area contributed by atoms with Crippen molar-refractivity contribution >= 4 is 22.8 Å². The quantitative estimate of drug-likeness (QED) is 0.657. The van der Waals surface area contributed by atoms with Crippen LogP contribution in [0.2, 0.25) is 0 Å². The highest BCUT2D eigenvalue weighted by Gasteiger charge is 2.27. The van der Waals surface area contributed by atoms with Crippen molar-refractivity contribution < 1.29 is 9.53 Å². The molecule has 2 aromatic carbocycles. The van der Waals surface area contributed by atoms with E-state index in [0.29, 0.717) is 19.0 Å². The predicted molar refractivity (Wildman–Crippen MR) is 119 cm³/mol. The Kier molecular flexibility index (Phi) is 5.57. The van der Waals surface area contributed by atoms with Crippen LogP contribution >= 0.6 is 0 Å². The molecule has 6 heteroatoms. The summed E-state index contributed by atoms with van der Waals surface area (Å²) < 4.78 is 5.47. The Morgan fingerprint density at radius 3 is 2.53 bits per heavy atom. The van der Waals surface area contributed by atoms with Crippen LogP contribution in [0.3, 0.4) is 0 Å². The number of anilines is 1. The average Bonchev–Trinajstić information content (AvgIpc) is 2.73. The lowest BCUT2D eigenvalue weighted by Crippen LogP contribution is -2.44. The van der Waals surface area contributed by atoms with Gasteiger partial charge in [0.05, 0.1) is 5.69 Å². The normalized spacial score (nSPS) is 15.2. The second kappa shape index (κ2) is 8.30. The van der Waals surface area contributed by atoms with Crippen LogP contribution < -0.4 is 5.32 Å². The van der Waals surface area contributed by atoms with Gasteiger partial charge in [-0.3, -0.25) is 0 Å². The Bertz CT molecular complexity index is 1040. The molecule has 0 aliphatic carbocycles. The maximum absolute atomic E-state index is 12.2. The maximum atomic E-state index is 12.2. The van der Waals surface area contributed by atoms with Gasteiger partial charge in [0.25, 0.3) is 0 Å². The standard InChI is InChI=1S/C24H28N4O2/c1-24(2,3)30-23(29)28-14-11-20(12-15-28)26-22-25-13-10-21(27-22)19-9-8-17-6-4-5-7-18(17)16-19/h4-10,13,16,20H,11-12,14-15H2,1-3H3,(H,25,26,27). The molecule has 0 atom stereocenters. The number of hydrogen-bond donors (Lipinski definition) is 1. The lowest BCUT2D eigenvalue weighted by Gasteiger charge is -2.33. The third-order valence-electron chi connectivity index (χ3n) is 5.18. The summed E-state index contributed by atoms with van der Waals surface area (Å²) in [5, 5.41) is 5.84. The Balaban J connectivity index is 1.40. The number of rotatable bonds is 3. The van der Waals surface area contributed by atoms with Gasteiger partial charge in [-0.25, -0.2) is 14.8 Å². The van der Waals surface area contributed by atoms with Gasteiger partial charge in [-0.05, 0) is 56.5 Å². The number of hydrogen-bond acceptors (Lipinski definition) is 5. The summed E-state index contributed by atoms with van der Waals surface area (Å²) in [6.07, 6.45) is 3.22. The number of benzene rings is 2.